The fourth-order valence-corrected chi connectivity index (χ4v) is 5.93. The molecule has 1 atom stereocenters. The first-order chi connectivity index (χ1) is 16.0. The maximum Gasteiger partial charge on any atom is 0.259 e. The van der Waals surface area contributed by atoms with Crippen LogP contribution in [0.25, 0.3) is 0 Å². The largest absolute Gasteiger partial charge is 0.322 e. The zero-order valence-electron chi connectivity index (χ0n) is 20.3. The molecule has 178 valence electrons. The third kappa shape index (κ3) is 4.92. The van der Waals surface area contributed by atoms with Crippen molar-refractivity contribution in [3.8, 4) is 0 Å². The smallest absolute Gasteiger partial charge is 0.259 e. The summed E-state index contributed by atoms with van der Waals surface area (Å²) in [6.07, 6.45) is 2.62. The van der Waals surface area contributed by atoms with Crippen molar-refractivity contribution < 1.29 is 14.0 Å². The zero-order chi connectivity index (χ0) is 24.6. The molecule has 1 heterocycles. The predicted octanol–water partition coefficient (Wildman–Crippen LogP) is 7.16. The number of benzene rings is 2. The number of halogens is 1. The van der Waals surface area contributed by atoms with E-state index in [2.05, 4.69) is 31.4 Å². The van der Waals surface area contributed by atoms with Gasteiger partial charge in [0.1, 0.15) is 10.8 Å². The van der Waals surface area contributed by atoms with Crippen molar-refractivity contribution in [1.29, 1.82) is 0 Å². The maximum atomic E-state index is 14.2. The van der Waals surface area contributed by atoms with Gasteiger partial charge in [-0.1, -0.05) is 50.6 Å². The zero-order valence-corrected chi connectivity index (χ0v) is 21.2. The highest BCUT2D eigenvalue weighted by atomic mass is 32.1. The second kappa shape index (κ2) is 9.34. The highest BCUT2D eigenvalue weighted by Crippen LogP contribution is 2.44. The van der Waals surface area contributed by atoms with E-state index in [1.807, 2.05) is 32.0 Å². The van der Waals surface area contributed by atoms with Crippen LogP contribution in [0.3, 0.4) is 0 Å². The highest BCUT2D eigenvalue weighted by molar-refractivity contribution is 7.17. The topological polar surface area (TPSA) is 58.2 Å². The van der Waals surface area contributed by atoms with Crippen LogP contribution in [0.2, 0.25) is 0 Å². The summed E-state index contributed by atoms with van der Waals surface area (Å²) >= 11 is 1.44. The van der Waals surface area contributed by atoms with Gasteiger partial charge in [0, 0.05) is 10.6 Å². The lowest BCUT2D eigenvalue weighted by molar-refractivity contribution is 0.102. The monoisotopic (exact) mass is 478 g/mol. The van der Waals surface area contributed by atoms with E-state index in [1.54, 1.807) is 12.1 Å². The second-order valence-corrected chi connectivity index (χ2v) is 11.3. The number of aryl methyl sites for hydroxylation is 2. The van der Waals surface area contributed by atoms with Crippen LogP contribution >= 0.6 is 11.3 Å². The molecule has 0 spiro atoms. The standard InChI is InChI=1S/C28H31FN2O2S/c1-16-10-13-22(17(2)14-16)30-26(33)24-20-12-11-18(28(3,4)5)15-23(20)34-27(24)31-25(32)19-8-6-7-9-21(19)29/h6-10,13-14,18H,11-12,15H2,1-5H3,(H,30,33)(H,31,32). The van der Waals surface area contributed by atoms with Gasteiger partial charge in [0.2, 0.25) is 0 Å². The Morgan fingerprint density at radius 1 is 1.03 bits per heavy atom. The van der Waals surface area contributed by atoms with E-state index < -0.39 is 11.7 Å². The number of thiophene rings is 1. The summed E-state index contributed by atoms with van der Waals surface area (Å²) < 4.78 is 14.2. The van der Waals surface area contributed by atoms with Crippen LogP contribution in [0.15, 0.2) is 42.5 Å². The molecule has 2 aromatic carbocycles. The molecule has 6 heteroatoms. The molecule has 1 aromatic heterocycles. The van der Waals surface area contributed by atoms with Crippen LogP contribution in [0.5, 0.6) is 0 Å². The van der Waals surface area contributed by atoms with Crippen molar-refractivity contribution in [1.82, 2.24) is 0 Å². The fourth-order valence-electron chi connectivity index (χ4n) is 4.61. The first kappa shape index (κ1) is 24.1. The quantitative estimate of drug-likeness (QED) is 0.418. The molecule has 0 saturated heterocycles. The molecule has 4 nitrogen and oxygen atoms in total. The Bertz CT molecular complexity index is 1260. The number of amides is 2. The summed E-state index contributed by atoms with van der Waals surface area (Å²) in [4.78, 5) is 27.6. The third-order valence-corrected chi connectivity index (χ3v) is 7.86. The van der Waals surface area contributed by atoms with E-state index in [9.17, 15) is 14.0 Å². The number of carbonyl (C=O) groups excluding carboxylic acids is 2. The van der Waals surface area contributed by atoms with Gasteiger partial charge < -0.3 is 10.6 Å². The van der Waals surface area contributed by atoms with Gasteiger partial charge in [-0.3, -0.25) is 9.59 Å². The molecular formula is C28H31FN2O2S. The van der Waals surface area contributed by atoms with E-state index in [4.69, 9.17) is 0 Å². The number of nitrogens with one attached hydrogen (secondary N) is 2. The summed E-state index contributed by atoms with van der Waals surface area (Å²) in [5.74, 6) is -0.897. The summed E-state index contributed by atoms with van der Waals surface area (Å²) in [7, 11) is 0. The first-order valence-electron chi connectivity index (χ1n) is 11.6. The Morgan fingerprint density at radius 3 is 2.44 bits per heavy atom. The summed E-state index contributed by atoms with van der Waals surface area (Å²) in [5.41, 5.74) is 4.44. The molecule has 0 saturated carbocycles. The number of hydrogen-bond acceptors (Lipinski definition) is 3. The molecule has 0 radical (unpaired) electrons. The normalized spacial score (nSPS) is 15.5. The van der Waals surface area contributed by atoms with Gasteiger partial charge in [-0.05, 0) is 73.8 Å². The number of fused-ring (bicyclic) bond motifs is 1. The first-order valence-corrected chi connectivity index (χ1v) is 12.4. The van der Waals surface area contributed by atoms with Crippen molar-refractivity contribution in [3.63, 3.8) is 0 Å². The van der Waals surface area contributed by atoms with Crippen LogP contribution in [0.4, 0.5) is 15.1 Å². The van der Waals surface area contributed by atoms with Gasteiger partial charge in [0.05, 0.1) is 11.1 Å². The Labute approximate surface area is 204 Å². The van der Waals surface area contributed by atoms with E-state index in [-0.39, 0.29) is 16.9 Å². The minimum absolute atomic E-state index is 0.0397. The molecule has 4 rings (SSSR count). The number of rotatable bonds is 4. The summed E-state index contributed by atoms with van der Waals surface area (Å²) in [6, 6.07) is 11.8. The summed E-state index contributed by atoms with van der Waals surface area (Å²) in [6.45, 7) is 10.7. The van der Waals surface area contributed by atoms with Crippen LogP contribution in [0.1, 0.15) is 69.5 Å². The van der Waals surface area contributed by atoms with Gasteiger partial charge in [-0.2, -0.15) is 0 Å². The molecule has 0 aliphatic heterocycles. The number of carbonyl (C=O) groups is 2. The van der Waals surface area contributed by atoms with Gasteiger partial charge >= 0.3 is 0 Å². The summed E-state index contributed by atoms with van der Waals surface area (Å²) in [5, 5.41) is 6.37. The predicted molar refractivity (Wildman–Crippen MR) is 138 cm³/mol. The molecule has 34 heavy (non-hydrogen) atoms. The van der Waals surface area contributed by atoms with Gasteiger partial charge in [0.25, 0.3) is 11.8 Å². The van der Waals surface area contributed by atoms with E-state index in [0.29, 0.717) is 16.5 Å². The van der Waals surface area contributed by atoms with Crippen molar-refractivity contribution >= 4 is 33.8 Å². The van der Waals surface area contributed by atoms with Crippen LogP contribution < -0.4 is 10.6 Å². The van der Waals surface area contributed by atoms with Crippen LogP contribution in [-0.4, -0.2) is 11.8 Å². The van der Waals surface area contributed by atoms with Gasteiger partial charge in [-0.15, -0.1) is 11.3 Å². The lowest BCUT2D eigenvalue weighted by Crippen LogP contribution is -2.27. The lowest BCUT2D eigenvalue weighted by atomic mass is 9.72. The van der Waals surface area contributed by atoms with Crippen molar-refractivity contribution in [2.24, 2.45) is 11.3 Å². The Kier molecular flexibility index (Phi) is 6.63. The number of anilines is 2. The molecule has 2 amide bonds. The van der Waals surface area contributed by atoms with E-state index in [1.165, 1.54) is 23.5 Å². The van der Waals surface area contributed by atoms with Crippen molar-refractivity contribution in [2.45, 2.75) is 53.9 Å². The van der Waals surface area contributed by atoms with Crippen molar-refractivity contribution in [2.75, 3.05) is 10.6 Å². The minimum Gasteiger partial charge on any atom is -0.322 e. The average molecular weight is 479 g/mol. The highest BCUT2D eigenvalue weighted by Gasteiger charge is 2.34. The molecule has 0 bridgehead atoms. The molecule has 1 aliphatic carbocycles. The van der Waals surface area contributed by atoms with E-state index >= 15 is 0 Å². The maximum absolute atomic E-state index is 14.2. The number of hydrogen-bond donors (Lipinski definition) is 2. The Morgan fingerprint density at radius 2 is 1.76 bits per heavy atom. The minimum atomic E-state index is -0.588. The second-order valence-electron chi connectivity index (χ2n) is 10.2. The van der Waals surface area contributed by atoms with Crippen LogP contribution in [-0.2, 0) is 12.8 Å². The lowest BCUT2D eigenvalue weighted by Gasteiger charge is -2.33. The molecule has 0 fully saturated rings. The molecule has 3 aromatic rings. The molecule has 1 unspecified atom stereocenters. The average Bonchev–Trinajstić information content (AvgIpc) is 3.12. The molecule has 1 aliphatic rings. The van der Waals surface area contributed by atoms with E-state index in [0.717, 1.165) is 46.5 Å². The van der Waals surface area contributed by atoms with Crippen LogP contribution in [0, 0.1) is 31.0 Å². The van der Waals surface area contributed by atoms with Gasteiger partial charge in [-0.25, -0.2) is 4.39 Å². The molecular weight excluding hydrogens is 447 g/mol. The fraction of sp³-hybridized carbons (Fsp3) is 0.357. The molecule has 2 N–H and O–H groups in total. The van der Waals surface area contributed by atoms with Crippen molar-refractivity contribution in [3.05, 3.63) is 81.0 Å². The Hall–Kier alpha value is -2.99. The third-order valence-electron chi connectivity index (χ3n) is 6.69. The SMILES string of the molecule is Cc1ccc(NC(=O)c2c(NC(=O)c3ccccc3F)sc3c2CCC(C(C)(C)C)C3)c(C)c1. The van der Waals surface area contributed by atoms with Gasteiger partial charge in [0.15, 0.2) is 0 Å². The Balaban J connectivity index is 1.71.